The van der Waals surface area contributed by atoms with Crippen molar-refractivity contribution in [2.24, 2.45) is 0 Å². The van der Waals surface area contributed by atoms with Crippen molar-refractivity contribution < 1.29 is 8.78 Å². The van der Waals surface area contributed by atoms with Crippen LogP contribution in [0.2, 0.25) is 5.02 Å². The van der Waals surface area contributed by atoms with Gasteiger partial charge in [-0.3, -0.25) is 0 Å². The first-order valence-electron chi connectivity index (χ1n) is 7.03. The number of halogens is 3. The van der Waals surface area contributed by atoms with Crippen LogP contribution in [0, 0.1) is 11.6 Å². The van der Waals surface area contributed by atoms with E-state index in [0.29, 0.717) is 17.0 Å². The molecule has 2 rings (SSSR count). The van der Waals surface area contributed by atoms with Gasteiger partial charge in [0.25, 0.3) is 0 Å². The summed E-state index contributed by atoms with van der Waals surface area (Å²) >= 11 is 5.77. The Labute approximate surface area is 128 Å². The highest BCUT2D eigenvalue weighted by Gasteiger charge is 2.14. The van der Waals surface area contributed by atoms with Gasteiger partial charge in [-0.25, -0.2) is 8.78 Å². The Kier molecular flexibility index (Phi) is 5.71. The molecule has 1 unspecified atom stereocenters. The second-order valence-electron chi connectivity index (χ2n) is 5.00. The molecule has 0 aliphatic carbocycles. The Morgan fingerprint density at radius 1 is 1.14 bits per heavy atom. The maximum absolute atomic E-state index is 13.9. The Balaban J connectivity index is 2.23. The maximum atomic E-state index is 13.9. The van der Waals surface area contributed by atoms with Crippen molar-refractivity contribution in [2.75, 3.05) is 6.54 Å². The van der Waals surface area contributed by atoms with Gasteiger partial charge in [0.1, 0.15) is 11.6 Å². The van der Waals surface area contributed by atoms with Crippen LogP contribution in [0.3, 0.4) is 0 Å². The third-order valence-corrected chi connectivity index (χ3v) is 3.57. The van der Waals surface area contributed by atoms with Gasteiger partial charge in [0.15, 0.2) is 0 Å². The van der Waals surface area contributed by atoms with Gasteiger partial charge in [0.2, 0.25) is 0 Å². The summed E-state index contributed by atoms with van der Waals surface area (Å²) in [5.74, 6) is -0.616. The quantitative estimate of drug-likeness (QED) is 0.800. The van der Waals surface area contributed by atoms with E-state index >= 15 is 0 Å². The molecule has 0 spiro atoms. The lowest BCUT2D eigenvalue weighted by Crippen LogP contribution is -2.24. The normalized spacial score (nSPS) is 12.4. The minimum atomic E-state index is -0.331. The molecule has 0 heterocycles. The van der Waals surface area contributed by atoms with Gasteiger partial charge in [-0.15, -0.1) is 0 Å². The fourth-order valence-electron chi connectivity index (χ4n) is 2.26. The Bertz CT molecular complexity index is 601. The number of rotatable bonds is 6. The molecule has 2 aromatic rings. The largest absolute Gasteiger partial charge is 0.310 e. The molecule has 0 aromatic heterocycles. The molecule has 2 aromatic carbocycles. The Morgan fingerprint density at radius 2 is 1.95 bits per heavy atom. The second-order valence-corrected chi connectivity index (χ2v) is 5.44. The summed E-state index contributed by atoms with van der Waals surface area (Å²) in [6.45, 7) is 2.84. The fourth-order valence-corrected chi connectivity index (χ4v) is 2.42. The monoisotopic (exact) mass is 309 g/mol. The first-order valence-corrected chi connectivity index (χ1v) is 7.40. The van der Waals surface area contributed by atoms with Crippen LogP contribution in [0.15, 0.2) is 42.5 Å². The van der Waals surface area contributed by atoms with Gasteiger partial charge in [0.05, 0.1) is 0 Å². The number of benzene rings is 2. The van der Waals surface area contributed by atoms with E-state index in [4.69, 9.17) is 11.6 Å². The second kappa shape index (κ2) is 7.53. The number of nitrogens with one attached hydrogen (secondary N) is 1. The zero-order valence-electron chi connectivity index (χ0n) is 11.9. The Hall–Kier alpha value is -1.45. The lowest BCUT2D eigenvalue weighted by atomic mass is 9.98. The molecule has 0 saturated heterocycles. The van der Waals surface area contributed by atoms with Crippen molar-refractivity contribution in [3.8, 4) is 0 Å². The highest BCUT2D eigenvalue weighted by molar-refractivity contribution is 6.30. The molecule has 0 bridgehead atoms. The molecular formula is C17H18ClF2N. The first kappa shape index (κ1) is 15.9. The predicted molar refractivity (Wildman–Crippen MR) is 82.5 cm³/mol. The lowest BCUT2D eigenvalue weighted by Gasteiger charge is -2.19. The predicted octanol–water partition coefficient (Wildman–Crippen LogP) is 4.90. The molecule has 1 N–H and O–H groups in total. The van der Waals surface area contributed by atoms with Gasteiger partial charge in [0, 0.05) is 11.1 Å². The summed E-state index contributed by atoms with van der Waals surface area (Å²) in [5, 5.41) is 3.71. The molecule has 0 aliphatic heterocycles. The SMILES string of the molecule is CCCNC(Cc1ccc(Cl)cc1F)c1cccc(F)c1. The average Bonchev–Trinajstić information content (AvgIpc) is 2.45. The number of hydrogen-bond acceptors (Lipinski definition) is 1. The molecule has 0 fully saturated rings. The third-order valence-electron chi connectivity index (χ3n) is 3.33. The molecule has 0 amide bonds. The standard InChI is InChI=1S/C17H18ClF2N/c1-2-8-21-17(13-4-3-5-15(19)9-13)10-12-6-7-14(18)11-16(12)20/h3-7,9,11,17,21H,2,8,10H2,1H3. The molecule has 0 saturated carbocycles. The summed E-state index contributed by atoms with van der Waals surface area (Å²) in [6, 6.07) is 10.9. The van der Waals surface area contributed by atoms with Crippen molar-refractivity contribution in [1.29, 1.82) is 0 Å². The topological polar surface area (TPSA) is 12.0 Å². The zero-order valence-corrected chi connectivity index (χ0v) is 12.6. The molecular weight excluding hydrogens is 292 g/mol. The smallest absolute Gasteiger partial charge is 0.127 e. The van der Waals surface area contributed by atoms with E-state index in [1.807, 2.05) is 6.07 Å². The summed E-state index contributed by atoms with van der Waals surface area (Å²) in [7, 11) is 0. The maximum Gasteiger partial charge on any atom is 0.127 e. The summed E-state index contributed by atoms with van der Waals surface area (Å²) in [6.07, 6.45) is 1.40. The molecule has 21 heavy (non-hydrogen) atoms. The van der Waals surface area contributed by atoms with Crippen molar-refractivity contribution >= 4 is 11.6 Å². The van der Waals surface area contributed by atoms with Crippen molar-refractivity contribution in [3.05, 3.63) is 70.2 Å². The molecule has 0 aliphatic rings. The molecule has 1 nitrogen and oxygen atoms in total. The van der Waals surface area contributed by atoms with Gasteiger partial charge in [-0.2, -0.15) is 0 Å². The van der Waals surface area contributed by atoms with Gasteiger partial charge >= 0.3 is 0 Å². The van der Waals surface area contributed by atoms with E-state index < -0.39 is 0 Å². The van der Waals surface area contributed by atoms with Gasteiger partial charge in [-0.05, 0) is 54.8 Å². The van der Waals surface area contributed by atoms with Crippen molar-refractivity contribution in [3.63, 3.8) is 0 Å². The van der Waals surface area contributed by atoms with Crippen LogP contribution in [0.4, 0.5) is 8.78 Å². The Morgan fingerprint density at radius 3 is 2.62 bits per heavy atom. The first-order chi connectivity index (χ1) is 10.1. The van der Waals surface area contributed by atoms with Crippen molar-refractivity contribution in [2.45, 2.75) is 25.8 Å². The van der Waals surface area contributed by atoms with Gasteiger partial charge in [-0.1, -0.05) is 36.7 Å². The van der Waals surface area contributed by atoms with E-state index in [-0.39, 0.29) is 17.7 Å². The van der Waals surface area contributed by atoms with Crippen LogP contribution in [-0.4, -0.2) is 6.54 Å². The molecule has 0 radical (unpaired) electrons. The molecule has 112 valence electrons. The summed E-state index contributed by atoms with van der Waals surface area (Å²) in [4.78, 5) is 0. The summed E-state index contributed by atoms with van der Waals surface area (Å²) in [5.41, 5.74) is 1.38. The van der Waals surface area contributed by atoms with Crippen LogP contribution in [-0.2, 0) is 6.42 Å². The summed E-state index contributed by atoms with van der Waals surface area (Å²) < 4.78 is 27.3. The lowest BCUT2D eigenvalue weighted by molar-refractivity contribution is 0.509. The van der Waals surface area contributed by atoms with E-state index in [9.17, 15) is 8.78 Å². The minimum absolute atomic E-state index is 0.128. The van der Waals surface area contributed by atoms with Gasteiger partial charge < -0.3 is 5.32 Å². The molecule has 4 heteroatoms. The van der Waals surface area contributed by atoms with Crippen molar-refractivity contribution in [1.82, 2.24) is 5.32 Å². The van der Waals surface area contributed by atoms with Crippen LogP contribution >= 0.6 is 11.6 Å². The van der Waals surface area contributed by atoms with Crippen LogP contribution in [0.1, 0.15) is 30.5 Å². The molecule has 1 atom stereocenters. The van der Waals surface area contributed by atoms with Crippen LogP contribution in [0.25, 0.3) is 0 Å². The van der Waals surface area contributed by atoms with E-state index in [1.165, 1.54) is 18.2 Å². The van der Waals surface area contributed by atoms with E-state index in [1.54, 1.807) is 18.2 Å². The average molecular weight is 310 g/mol. The number of hydrogen-bond donors (Lipinski definition) is 1. The van der Waals surface area contributed by atoms with Crippen LogP contribution < -0.4 is 5.32 Å². The third kappa shape index (κ3) is 4.51. The van der Waals surface area contributed by atoms with E-state index in [0.717, 1.165) is 18.5 Å². The highest BCUT2D eigenvalue weighted by Crippen LogP contribution is 2.23. The fraction of sp³-hybridized carbons (Fsp3) is 0.294. The minimum Gasteiger partial charge on any atom is -0.310 e. The van der Waals surface area contributed by atoms with E-state index in [2.05, 4.69) is 12.2 Å². The highest BCUT2D eigenvalue weighted by atomic mass is 35.5. The zero-order chi connectivity index (χ0) is 15.2. The van der Waals surface area contributed by atoms with Crippen LogP contribution in [0.5, 0.6) is 0 Å².